The van der Waals surface area contributed by atoms with E-state index in [2.05, 4.69) is 59.8 Å². The number of unbranched alkanes of at least 4 members (excludes halogenated alkanes) is 4. The molecule has 2 rings (SSSR count). The number of fused-ring (bicyclic) bond motifs is 1. The molecular formula is C23H37N5O2. The molecule has 0 spiro atoms. The van der Waals surface area contributed by atoms with Crippen LogP contribution in [0.15, 0.2) is 26.1 Å². The lowest BCUT2D eigenvalue weighted by atomic mass is 10.1. The quantitative estimate of drug-likeness (QED) is 0.493. The Bertz CT molecular complexity index is 737. The summed E-state index contributed by atoms with van der Waals surface area (Å²) in [6, 6.07) is 0. The molecule has 7 nitrogen and oxygen atoms in total. The van der Waals surface area contributed by atoms with Gasteiger partial charge in [-0.3, -0.25) is 19.8 Å². The number of rotatable bonds is 12. The van der Waals surface area contributed by atoms with Gasteiger partial charge in [-0.25, -0.2) is 4.99 Å². The Labute approximate surface area is 180 Å². The molecule has 0 aromatic rings. The average molecular weight is 416 g/mol. The smallest absolute Gasteiger partial charge is 0.284 e. The molecule has 2 heterocycles. The van der Waals surface area contributed by atoms with Gasteiger partial charge in [0.25, 0.3) is 5.91 Å². The highest BCUT2D eigenvalue weighted by molar-refractivity contribution is 6.34. The summed E-state index contributed by atoms with van der Waals surface area (Å²) in [5, 5.41) is 2.66. The zero-order valence-corrected chi connectivity index (χ0v) is 19.2. The Balaban J connectivity index is 1.99. The number of amides is 2. The summed E-state index contributed by atoms with van der Waals surface area (Å²) in [5.74, 6) is 0.945. The van der Waals surface area contributed by atoms with Gasteiger partial charge in [0, 0.05) is 37.8 Å². The third-order valence-corrected chi connectivity index (χ3v) is 4.92. The van der Waals surface area contributed by atoms with Crippen molar-refractivity contribution in [2.45, 2.75) is 73.1 Å². The Hall–Kier alpha value is -2.15. The van der Waals surface area contributed by atoms with Gasteiger partial charge < -0.3 is 0 Å². The minimum Gasteiger partial charge on any atom is -0.298 e. The minimum absolute atomic E-state index is 0.0527. The number of carbonyl (C=O) groups excluding carboxylic acids is 2. The molecule has 7 heteroatoms. The van der Waals surface area contributed by atoms with E-state index in [-0.39, 0.29) is 17.8 Å². The topological polar surface area (TPSA) is 86.5 Å². The number of nitrogens with one attached hydrogen (secondary N) is 1. The van der Waals surface area contributed by atoms with Crippen LogP contribution in [0.5, 0.6) is 0 Å². The summed E-state index contributed by atoms with van der Waals surface area (Å²) in [6.45, 7) is 13.5. The number of guanidine groups is 1. The van der Waals surface area contributed by atoms with Crippen LogP contribution in [-0.4, -0.2) is 54.4 Å². The summed E-state index contributed by atoms with van der Waals surface area (Å²) in [7, 11) is 0. The van der Waals surface area contributed by atoms with Crippen LogP contribution in [0.3, 0.4) is 0 Å². The number of hydrogen-bond donors (Lipinski definition) is 1. The lowest BCUT2D eigenvalue weighted by molar-refractivity contribution is -0.119. The monoisotopic (exact) mass is 415 g/mol. The normalized spacial score (nSPS) is 15.9. The molecule has 0 bridgehead atoms. The fourth-order valence-electron chi connectivity index (χ4n) is 3.74. The standard InChI is InChI=1S/C23H37N5O2/c1-6-7-8-9-10-11-19(29)25-23-26-21-20(22(30)27-23)18(12-24-21)15-28(13-16(2)3)14-17(4)5/h12,16-17H,6-11,13-15H2,1-5H3,(H,25,27,29,30). The molecule has 2 aliphatic heterocycles. The zero-order chi connectivity index (χ0) is 22.1. The Morgan fingerprint density at radius 2 is 1.70 bits per heavy atom. The van der Waals surface area contributed by atoms with Gasteiger partial charge in [0.05, 0.1) is 5.57 Å². The van der Waals surface area contributed by atoms with Gasteiger partial charge in [-0.1, -0.05) is 60.3 Å². The van der Waals surface area contributed by atoms with Crippen LogP contribution in [0.2, 0.25) is 0 Å². The summed E-state index contributed by atoms with van der Waals surface area (Å²) < 4.78 is 0. The molecular weight excluding hydrogens is 378 g/mol. The van der Waals surface area contributed by atoms with Crippen LogP contribution < -0.4 is 5.32 Å². The van der Waals surface area contributed by atoms with Gasteiger partial charge in [-0.05, 0) is 18.3 Å². The third-order valence-electron chi connectivity index (χ3n) is 4.92. The maximum absolute atomic E-state index is 12.7. The lowest BCUT2D eigenvalue weighted by Crippen LogP contribution is -2.35. The van der Waals surface area contributed by atoms with Crippen molar-refractivity contribution in [3.05, 3.63) is 11.1 Å². The van der Waals surface area contributed by atoms with Crippen molar-refractivity contribution in [3.63, 3.8) is 0 Å². The summed E-state index contributed by atoms with van der Waals surface area (Å²) >= 11 is 0. The second kappa shape index (κ2) is 11.9. The maximum atomic E-state index is 12.7. The SMILES string of the molecule is CCCCCCCC(=O)NC1=NC(=O)C2=C(CN(CC(C)C)CC(C)C)C=NC2=N1. The van der Waals surface area contributed by atoms with Crippen LogP contribution in [0.1, 0.15) is 73.1 Å². The fraction of sp³-hybridized carbons (Fsp3) is 0.696. The second-order valence-corrected chi connectivity index (χ2v) is 9.03. The molecule has 0 saturated carbocycles. The molecule has 0 unspecified atom stereocenters. The summed E-state index contributed by atoms with van der Waals surface area (Å²) in [6.07, 6.45) is 7.50. The van der Waals surface area contributed by atoms with Crippen LogP contribution in [0, 0.1) is 11.8 Å². The van der Waals surface area contributed by atoms with E-state index in [4.69, 9.17) is 0 Å². The van der Waals surface area contributed by atoms with E-state index >= 15 is 0 Å². The number of hydrogen-bond acceptors (Lipinski definition) is 5. The Kier molecular flexibility index (Phi) is 9.56. The first kappa shape index (κ1) is 24.1. The van der Waals surface area contributed by atoms with Crippen LogP contribution in [0.4, 0.5) is 0 Å². The van der Waals surface area contributed by atoms with Crippen LogP contribution in [0.25, 0.3) is 0 Å². The molecule has 2 amide bonds. The maximum Gasteiger partial charge on any atom is 0.284 e. The van der Waals surface area contributed by atoms with Gasteiger partial charge in [0.2, 0.25) is 11.9 Å². The Morgan fingerprint density at radius 3 is 2.33 bits per heavy atom. The molecule has 0 radical (unpaired) electrons. The van der Waals surface area contributed by atoms with E-state index in [1.54, 1.807) is 6.21 Å². The van der Waals surface area contributed by atoms with Gasteiger partial charge in [-0.15, -0.1) is 0 Å². The van der Waals surface area contributed by atoms with Crippen molar-refractivity contribution < 1.29 is 9.59 Å². The van der Waals surface area contributed by atoms with Crippen molar-refractivity contribution in [1.29, 1.82) is 0 Å². The van der Waals surface area contributed by atoms with Crippen molar-refractivity contribution in [3.8, 4) is 0 Å². The highest BCUT2D eigenvalue weighted by Crippen LogP contribution is 2.20. The number of aliphatic imine (C=N–C) groups is 3. The zero-order valence-electron chi connectivity index (χ0n) is 19.2. The van der Waals surface area contributed by atoms with Crippen molar-refractivity contribution in [2.24, 2.45) is 26.8 Å². The third kappa shape index (κ3) is 7.59. The lowest BCUT2D eigenvalue weighted by Gasteiger charge is -2.26. The summed E-state index contributed by atoms with van der Waals surface area (Å²) in [5.41, 5.74) is 1.31. The van der Waals surface area contributed by atoms with Crippen molar-refractivity contribution in [2.75, 3.05) is 19.6 Å². The van der Waals surface area contributed by atoms with Gasteiger partial charge in [-0.2, -0.15) is 9.98 Å². The molecule has 2 aliphatic rings. The van der Waals surface area contributed by atoms with Gasteiger partial charge >= 0.3 is 0 Å². The van der Waals surface area contributed by atoms with E-state index in [1.165, 1.54) is 12.8 Å². The molecule has 0 aromatic carbocycles. The average Bonchev–Trinajstić information content (AvgIpc) is 3.03. The number of amidine groups is 1. The first-order valence-electron chi connectivity index (χ1n) is 11.3. The van der Waals surface area contributed by atoms with Crippen molar-refractivity contribution in [1.82, 2.24) is 10.2 Å². The first-order valence-corrected chi connectivity index (χ1v) is 11.3. The fourth-order valence-corrected chi connectivity index (χ4v) is 3.74. The number of nitrogens with zero attached hydrogens (tertiary/aromatic N) is 4. The van der Waals surface area contributed by atoms with E-state index < -0.39 is 0 Å². The predicted molar refractivity (Wildman–Crippen MR) is 123 cm³/mol. The molecule has 0 saturated heterocycles. The van der Waals surface area contributed by atoms with Crippen LogP contribution >= 0.6 is 0 Å². The molecule has 1 N–H and O–H groups in total. The van der Waals surface area contributed by atoms with Crippen molar-refractivity contribution >= 4 is 29.8 Å². The summed E-state index contributed by atoms with van der Waals surface area (Å²) in [4.78, 5) is 39.8. The highest BCUT2D eigenvalue weighted by Gasteiger charge is 2.30. The molecule has 0 aromatic heterocycles. The molecule has 0 fully saturated rings. The van der Waals surface area contributed by atoms with E-state index in [0.717, 1.165) is 37.9 Å². The minimum atomic E-state index is -0.375. The van der Waals surface area contributed by atoms with Crippen LogP contribution in [-0.2, 0) is 9.59 Å². The molecule has 166 valence electrons. The van der Waals surface area contributed by atoms with Gasteiger partial charge in [0.1, 0.15) is 0 Å². The molecule has 30 heavy (non-hydrogen) atoms. The number of carbonyl (C=O) groups is 2. The molecule has 0 aliphatic carbocycles. The van der Waals surface area contributed by atoms with E-state index in [9.17, 15) is 9.59 Å². The molecule has 0 atom stereocenters. The van der Waals surface area contributed by atoms with Gasteiger partial charge in [0.15, 0.2) is 5.84 Å². The predicted octanol–water partition coefficient (Wildman–Crippen LogP) is 3.75. The Morgan fingerprint density at radius 1 is 1.03 bits per heavy atom. The second-order valence-electron chi connectivity index (χ2n) is 9.03. The van der Waals surface area contributed by atoms with E-state index in [0.29, 0.717) is 36.2 Å². The largest absolute Gasteiger partial charge is 0.298 e. The first-order chi connectivity index (χ1) is 14.3. The highest BCUT2D eigenvalue weighted by atomic mass is 16.2. The van der Waals surface area contributed by atoms with E-state index in [1.807, 2.05) is 0 Å².